The van der Waals surface area contributed by atoms with Crippen LogP contribution in [-0.4, -0.2) is 40.3 Å². The minimum atomic E-state index is 0.638. The van der Waals surface area contributed by atoms with Gasteiger partial charge in [0.05, 0.1) is 22.0 Å². The lowest BCUT2D eigenvalue weighted by Crippen LogP contribution is -1.84. The first-order valence-electron chi connectivity index (χ1n) is 8.59. The summed E-state index contributed by atoms with van der Waals surface area (Å²) in [5.74, 6) is 0.703. The summed E-state index contributed by atoms with van der Waals surface area (Å²) in [6, 6.07) is 8.03. The number of pyridine rings is 2. The van der Waals surface area contributed by atoms with Gasteiger partial charge in [0.15, 0.2) is 11.5 Å². The lowest BCUT2D eigenvalue weighted by molar-refractivity contribution is 1.09. The quantitative estimate of drug-likeness (QED) is 0.427. The second-order valence-corrected chi connectivity index (χ2v) is 7.25. The molecule has 0 amide bonds. The zero-order chi connectivity index (χ0) is 18.5. The van der Waals surface area contributed by atoms with Gasteiger partial charge in [0, 0.05) is 29.7 Å². The Hall–Kier alpha value is -3.85. The fraction of sp³-hybridized carbons (Fsp3) is 0. The van der Waals surface area contributed by atoms with E-state index in [0.29, 0.717) is 11.5 Å². The summed E-state index contributed by atoms with van der Waals surface area (Å²) in [6.45, 7) is 0. The molecule has 28 heavy (non-hydrogen) atoms. The van der Waals surface area contributed by atoms with E-state index in [-0.39, 0.29) is 0 Å². The highest BCUT2D eigenvalue weighted by molar-refractivity contribution is 7.13. The molecule has 9 heteroatoms. The number of aromatic nitrogens is 8. The van der Waals surface area contributed by atoms with Crippen molar-refractivity contribution >= 4 is 33.4 Å². The first kappa shape index (κ1) is 15.2. The minimum absolute atomic E-state index is 0.638. The van der Waals surface area contributed by atoms with Crippen LogP contribution in [0.25, 0.3) is 55.3 Å². The first-order valence-corrected chi connectivity index (χ1v) is 9.47. The maximum atomic E-state index is 4.82. The van der Waals surface area contributed by atoms with E-state index >= 15 is 0 Å². The molecular weight excluding hydrogens is 372 g/mol. The predicted molar refractivity (Wildman–Crippen MR) is 108 cm³/mol. The molecule has 6 rings (SSSR count). The number of nitrogens with zero attached hydrogens (tertiary/aromatic N) is 5. The molecule has 0 radical (unpaired) electrons. The Kier molecular flexibility index (Phi) is 3.17. The predicted octanol–water partition coefficient (Wildman–Crippen LogP) is 4.01. The van der Waals surface area contributed by atoms with Crippen LogP contribution >= 0.6 is 11.3 Å². The van der Waals surface area contributed by atoms with Gasteiger partial charge in [-0.3, -0.25) is 15.2 Å². The molecule has 0 unspecified atom stereocenters. The second kappa shape index (κ2) is 5.83. The molecule has 134 valence electrons. The standard InChI is InChI=1S/C19H12N8S/c1-2-14(28-5-1)17-16-13(3-4-20-17)24-19(25-16)15-12-6-10(11-8-22-23-9-11)7-21-18(12)27-26-15/h1-9H,(H,22,23)(H,24,25)(H,21,26,27). The van der Waals surface area contributed by atoms with E-state index in [0.717, 1.165) is 43.8 Å². The fourth-order valence-electron chi connectivity index (χ4n) is 3.29. The molecule has 0 saturated carbocycles. The van der Waals surface area contributed by atoms with Crippen molar-refractivity contribution in [1.82, 2.24) is 40.3 Å². The van der Waals surface area contributed by atoms with Crippen molar-refractivity contribution in [3.05, 3.63) is 54.4 Å². The molecule has 0 saturated heterocycles. The van der Waals surface area contributed by atoms with Gasteiger partial charge in [-0.15, -0.1) is 11.3 Å². The van der Waals surface area contributed by atoms with Crippen molar-refractivity contribution in [2.75, 3.05) is 0 Å². The number of fused-ring (bicyclic) bond motifs is 2. The first-order chi connectivity index (χ1) is 13.9. The SMILES string of the molecule is c1csc(-c2nccc3[nH]c(-c4[nH]nc5ncc(-c6cn[nH]c6)cc45)nc23)c1. The van der Waals surface area contributed by atoms with Gasteiger partial charge in [0.1, 0.15) is 16.9 Å². The molecule has 6 aromatic heterocycles. The van der Waals surface area contributed by atoms with Gasteiger partial charge in [-0.25, -0.2) is 9.97 Å². The molecule has 0 bridgehead atoms. The maximum absolute atomic E-state index is 4.82. The summed E-state index contributed by atoms with van der Waals surface area (Å²) in [5, 5.41) is 17.2. The Labute approximate surface area is 161 Å². The molecule has 3 N–H and O–H groups in total. The molecule has 6 heterocycles. The minimum Gasteiger partial charge on any atom is -0.337 e. The molecule has 0 aliphatic rings. The summed E-state index contributed by atoms with van der Waals surface area (Å²) >= 11 is 1.65. The lowest BCUT2D eigenvalue weighted by atomic mass is 10.1. The van der Waals surface area contributed by atoms with Gasteiger partial charge in [-0.1, -0.05) is 6.07 Å². The Morgan fingerprint density at radius 3 is 2.89 bits per heavy atom. The van der Waals surface area contributed by atoms with Crippen LogP contribution in [0.15, 0.2) is 54.4 Å². The van der Waals surface area contributed by atoms with E-state index in [1.165, 1.54) is 0 Å². The Bertz CT molecular complexity index is 1410. The number of nitrogens with one attached hydrogen (secondary N) is 3. The van der Waals surface area contributed by atoms with Crippen LogP contribution < -0.4 is 0 Å². The smallest absolute Gasteiger partial charge is 0.181 e. The third-order valence-corrected chi connectivity index (χ3v) is 5.51. The van der Waals surface area contributed by atoms with Crippen LogP contribution in [0.2, 0.25) is 0 Å². The van der Waals surface area contributed by atoms with Gasteiger partial charge in [-0.05, 0) is 23.6 Å². The van der Waals surface area contributed by atoms with E-state index in [4.69, 9.17) is 4.98 Å². The molecule has 0 fully saturated rings. The number of H-pyrrole nitrogens is 3. The van der Waals surface area contributed by atoms with Gasteiger partial charge in [0.25, 0.3) is 0 Å². The molecule has 0 aliphatic heterocycles. The third-order valence-electron chi connectivity index (χ3n) is 4.63. The number of hydrogen-bond donors (Lipinski definition) is 3. The van der Waals surface area contributed by atoms with Crippen molar-refractivity contribution in [3.8, 4) is 33.2 Å². The molecular formula is C19H12N8S. The van der Waals surface area contributed by atoms with Crippen molar-refractivity contribution in [2.45, 2.75) is 0 Å². The van der Waals surface area contributed by atoms with E-state index < -0.39 is 0 Å². The van der Waals surface area contributed by atoms with Gasteiger partial charge in [-0.2, -0.15) is 10.2 Å². The summed E-state index contributed by atoms with van der Waals surface area (Å²) in [5.41, 5.74) is 5.99. The highest BCUT2D eigenvalue weighted by Crippen LogP contribution is 2.32. The van der Waals surface area contributed by atoms with Gasteiger partial charge >= 0.3 is 0 Å². The van der Waals surface area contributed by atoms with E-state index in [1.807, 2.05) is 35.8 Å². The Morgan fingerprint density at radius 2 is 2.04 bits per heavy atom. The van der Waals surface area contributed by atoms with Gasteiger partial charge < -0.3 is 4.98 Å². The van der Waals surface area contributed by atoms with Crippen LogP contribution in [0.1, 0.15) is 0 Å². The largest absolute Gasteiger partial charge is 0.337 e. The average molecular weight is 384 g/mol. The number of aromatic amines is 3. The van der Waals surface area contributed by atoms with Crippen molar-refractivity contribution in [2.24, 2.45) is 0 Å². The van der Waals surface area contributed by atoms with Gasteiger partial charge in [0.2, 0.25) is 0 Å². The fourth-order valence-corrected chi connectivity index (χ4v) is 4.02. The number of imidazole rings is 1. The van der Waals surface area contributed by atoms with Crippen LogP contribution in [0.5, 0.6) is 0 Å². The molecule has 0 aliphatic carbocycles. The Morgan fingerprint density at radius 1 is 1.04 bits per heavy atom. The normalized spacial score (nSPS) is 11.6. The molecule has 0 spiro atoms. The second-order valence-electron chi connectivity index (χ2n) is 6.30. The van der Waals surface area contributed by atoms with Crippen LogP contribution in [0.3, 0.4) is 0 Å². The Balaban J connectivity index is 1.55. The average Bonchev–Trinajstić information content (AvgIpc) is 3.53. The monoisotopic (exact) mass is 384 g/mol. The third kappa shape index (κ3) is 2.26. The zero-order valence-electron chi connectivity index (χ0n) is 14.3. The summed E-state index contributed by atoms with van der Waals surface area (Å²) in [4.78, 5) is 18.3. The zero-order valence-corrected chi connectivity index (χ0v) is 15.2. The summed E-state index contributed by atoms with van der Waals surface area (Å²) in [7, 11) is 0. The molecule has 0 atom stereocenters. The summed E-state index contributed by atoms with van der Waals surface area (Å²) in [6.07, 6.45) is 7.18. The topological polar surface area (TPSA) is 112 Å². The highest BCUT2D eigenvalue weighted by atomic mass is 32.1. The van der Waals surface area contributed by atoms with Crippen molar-refractivity contribution < 1.29 is 0 Å². The molecule has 8 nitrogen and oxygen atoms in total. The maximum Gasteiger partial charge on any atom is 0.181 e. The van der Waals surface area contributed by atoms with E-state index in [9.17, 15) is 0 Å². The van der Waals surface area contributed by atoms with Crippen LogP contribution in [-0.2, 0) is 0 Å². The number of rotatable bonds is 3. The van der Waals surface area contributed by atoms with E-state index in [1.54, 1.807) is 29.9 Å². The van der Waals surface area contributed by atoms with Crippen molar-refractivity contribution in [3.63, 3.8) is 0 Å². The van der Waals surface area contributed by atoms with Crippen LogP contribution in [0.4, 0.5) is 0 Å². The van der Waals surface area contributed by atoms with E-state index in [2.05, 4.69) is 35.3 Å². The van der Waals surface area contributed by atoms with Crippen LogP contribution in [0, 0.1) is 0 Å². The number of thiophene rings is 1. The van der Waals surface area contributed by atoms with Crippen molar-refractivity contribution in [1.29, 1.82) is 0 Å². The highest BCUT2D eigenvalue weighted by Gasteiger charge is 2.16. The number of hydrogen-bond acceptors (Lipinski definition) is 6. The summed E-state index contributed by atoms with van der Waals surface area (Å²) < 4.78 is 0. The lowest BCUT2D eigenvalue weighted by Gasteiger charge is -1.98. The molecule has 6 aromatic rings. The molecule has 0 aromatic carbocycles.